The van der Waals surface area contributed by atoms with E-state index >= 15 is 0 Å². The summed E-state index contributed by atoms with van der Waals surface area (Å²) in [5.74, 6) is -2.29. The van der Waals surface area contributed by atoms with Crippen LogP contribution in [0.15, 0.2) is 46.0 Å². The third kappa shape index (κ3) is 5.63. The van der Waals surface area contributed by atoms with Crippen molar-refractivity contribution in [1.29, 1.82) is 0 Å². The number of hydrogen-bond donors (Lipinski definition) is 5. The number of furan rings is 1. The lowest BCUT2D eigenvalue weighted by molar-refractivity contribution is -0.139. The molecule has 7 N–H and O–H groups in total. The number of hydrogen-bond acceptors (Lipinski definition) is 6. The summed E-state index contributed by atoms with van der Waals surface area (Å²) >= 11 is 13.0. The van der Waals surface area contributed by atoms with E-state index in [1.807, 2.05) is 12.1 Å². The maximum atomic E-state index is 13.1. The molecule has 0 saturated heterocycles. The second-order valence-electron chi connectivity index (χ2n) is 8.31. The molecule has 13 heteroatoms. The summed E-state index contributed by atoms with van der Waals surface area (Å²) in [4.78, 5) is 43.1. The first-order valence-electron chi connectivity index (χ1n) is 11.2. The standard InChI is InChI=1S/C24H24Cl2N6O5/c25-16-7-14-10-32(22(34)13-2-1-12-4-6-37-18(12)8-13)5-3-15(14)20(26)19(16)21(33)31-17(23(35)36)9-29-24(28)30-11-27/h1-2,4,6-8,17H,3,5,9-11,27H2,(H,31,33)(H,35,36)(H3,28,29,30)/t17-/m0/s1. The van der Waals surface area contributed by atoms with Crippen LogP contribution < -0.4 is 22.1 Å². The van der Waals surface area contributed by atoms with Crippen LogP contribution in [0.5, 0.6) is 0 Å². The molecule has 2 heterocycles. The van der Waals surface area contributed by atoms with Crippen LogP contribution in [0.25, 0.3) is 11.0 Å². The van der Waals surface area contributed by atoms with Crippen LogP contribution >= 0.6 is 23.2 Å². The van der Waals surface area contributed by atoms with Crippen LogP contribution in [0, 0.1) is 0 Å². The van der Waals surface area contributed by atoms with Crippen molar-refractivity contribution in [1.82, 2.24) is 15.5 Å². The Balaban J connectivity index is 1.51. The van der Waals surface area contributed by atoms with Crippen molar-refractivity contribution in [2.24, 2.45) is 16.5 Å². The molecule has 1 atom stereocenters. The Morgan fingerprint density at radius 3 is 2.73 bits per heavy atom. The first-order chi connectivity index (χ1) is 17.7. The third-order valence-corrected chi connectivity index (χ3v) is 6.69. The normalized spacial score (nSPS) is 14.2. The highest BCUT2D eigenvalue weighted by atomic mass is 35.5. The quantitative estimate of drug-likeness (QED) is 0.220. The van der Waals surface area contributed by atoms with E-state index in [4.69, 9.17) is 39.1 Å². The number of aliphatic imine (C=N–C) groups is 1. The molecule has 11 nitrogen and oxygen atoms in total. The average Bonchev–Trinajstić information content (AvgIpc) is 3.33. The Morgan fingerprint density at radius 2 is 2.00 bits per heavy atom. The Labute approximate surface area is 221 Å². The molecule has 4 rings (SSSR count). The first kappa shape index (κ1) is 26.3. The van der Waals surface area contributed by atoms with Gasteiger partial charge in [-0.1, -0.05) is 29.3 Å². The molecule has 2 aromatic carbocycles. The predicted octanol–water partition coefficient (Wildman–Crippen LogP) is 1.94. The highest BCUT2D eigenvalue weighted by Gasteiger charge is 2.29. The highest BCUT2D eigenvalue weighted by Crippen LogP contribution is 2.35. The van der Waals surface area contributed by atoms with Gasteiger partial charge in [-0.2, -0.15) is 0 Å². The monoisotopic (exact) mass is 546 g/mol. The fourth-order valence-corrected chi connectivity index (χ4v) is 4.86. The summed E-state index contributed by atoms with van der Waals surface area (Å²) in [6.45, 7) is 0.294. The number of rotatable bonds is 7. The third-order valence-electron chi connectivity index (χ3n) is 5.97. The molecule has 1 aliphatic heterocycles. The number of nitrogens with zero attached hydrogens (tertiary/aromatic N) is 2. The molecule has 3 aromatic rings. The summed E-state index contributed by atoms with van der Waals surface area (Å²) in [5.41, 5.74) is 13.3. The van der Waals surface area contributed by atoms with Gasteiger partial charge in [-0.3, -0.25) is 9.59 Å². The number of nitrogens with one attached hydrogen (secondary N) is 2. The van der Waals surface area contributed by atoms with E-state index in [1.54, 1.807) is 29.4 Å². The SMILES string of the molecule is NC/N=C(\N)NC[C@H](NC(=O)c1c(Cl)cc2c(c1Cl)CCN(C(=O)c1ccc3ccoc3c1)C2)C(=O)O. The summed E-state index contributed by atoms with van der Waals surface area (Å²) in [6.07, 6.45) is 1.95. The number of amides is 2. The molecule has 0 fully saturated rings. The van der Waals surface area contributed by atoms with E-state index in [9.17, 15) is 19.5 Å². The van der Waals surface area contributed by atoms with Gasteiger partial charge < -0.3 is 36.5 Å². The smallest absolute Gasteiger partial charge is 0.328 e. The van der Waals surface area contributed by atoms with E-state index in [0.29, 0.717) is 35.2 Å². The minimum atomic E-state index is -1.35. The number of fused-ring (bicyclic) bond motifs is 2. The van der Waals surface area contributed by atoms with Crippen molar-refractivity contribution in [3.63, 3.8) is 0 Å². The summed E-state index contributed by atoms with van der Waals surface area (Å²) in [7, 11) is 0. The van der Waals surface area contributed by atoms with Crippen LogP contribution in [0.4, 0.5) is 0 Å². The maximum Gasteiger partial charge on any atom is 0.328 e. The van der Waals surface area contributed by atoms with Crippen LogP contribution in [0.3, 0.4) is 0 Å². The van der Waals surface area contributed by atoms with Crippen molar-refractivity contribution >= 4 is 57.9 Å². The second kappa shape index (κ2) is 11.1. The van der Waals surface area contributed by atoms with Gasteiger partial charge in [0.05, 0.1) is 28.5 Å². The molecule has 0 unspecified atom stereocenters. The van der Waals surface area contributed by atoms with E-state index in [1.165, 1.54) is 0 Å². The van der Waals surface area contributed by atoms with E-state index < -0.39 is 17.9 Å². The minimum absolute atomic E-state index is 0.0360. The summed E-state index contributed by atoms with van der Waals surface area (Å²) < 4.78 is 5.40. The van der Waals surface area contributed by atoms with Crippen molar-refractivity contribution in [3.8, 4) is 0 Å². The average molecular weight is 547 g/mol. The number of halogens is 2. The molecule has 0 spiro atoms. The number of aliphatic carboxylic acids is 1. The van der Waals surface area contributed by atoms with Gasteiger partial charge in [-0.05, 0) is 41.8 Å². The van der Waals surface area contributed by atoms with Gasteiger partial charge in [0.2, 0.25) is 0 Å². The zero-order chi connectivity index (χ0) is 26.7. The number of carboxylic acid groups (broad SMARTS) is 1. The van der Waals surface area contributed by atoms with Gasteiger partial charge in [0, 0.05) is 30.6 Å². The Hall–Kier alpha value is -3.80. The molecule has 37 heavy (non-hydrogen) atoms. The van der Waals surface area contributed by atoms with E-state index in [0.717, 1.165) is 5.39 Å². The van der Waals surface area contributed by atoms with Crippen molar-refractivity contribution < 1.29 is 23.9 Å². The highest BCUT2D eigenvalue weighted by molar-refractivity contribution is 6.40. The molecular weight excluding hydrogens is 523 g/mol. The molecule has 1 aliphatic rings. The lowest BCUT2D eigenvalue weighted by Crippen LogP contribution is -2.50. The topological polar surface area (TPSA) is 176 Å². The number of carbonyl (C=O) groups excluding carboxylic acids is 2. The van der Waals surface area contributed by atoms with Crippen LogP contribution in [0.2, 0.25) is 10.0 Å². The molecule has 0 bridgehead atoms. The maximum absolute atomic E-state index is 13.1. The van der Waals surface area contributed by atoms with Crippen molar-refractivity contribution in [3.05, 3.63) is 68.9 Å². The number of nitrogens with two attached hydrogens (primary N) is 2. The van der Waals surface area contributed by atoms with E-state index in [-0.39, 0.29) is 47.2 Å². The van der Waals surface area contributed by atoms with Crippen LogP contribution in [0.1, 0.15) is 31.8 Å². The fourth-order valence-electron chi connectivity index (χ4n) is 4.09. The number of carboxylic acids is 1. The lowest BCUT2D eigenvalue weighted by atomic mass is 9.96. The Morgan fingerprint density at radius 1 is 1.22 bits per heavy atom. The molecular formula is C24H24Cl2N6O5. The second-order valence-corrected chi connectivity index (χ2v) is 9.09. The van der Waals surface area contributed by atoms with Crippen LogP contribution in [-0.2, 0) is 17.8 Å². The number of carbonyl (C=O) groups is 3. The van der Waals surface area contributed by atoms with Gasteiger partial charge in [0.1, 0.15) is 11.6 Å². The fraction of sp³-hybridized carbons (Fsp3) is 0.250. The Kier molecular flexibility index (Phi) is 7.86. The lowest BCUT2D eigenvalue weighted by Gasteiger charge is -2.30. The van der Waals surface area contributed by atoms with Gasteiger partial charge in [-0.25, -0.2) is 9.79 Å². The van der Waals surface area contributed by atoms with E-state index in [2.05, 4.69) is 15.6 Å². The van der Waals surface area contributed by atoms with Crippen molar-refractivity contribution in [2.75, 3.05) is 19.8 Å². The summed E-state index contributed by atoms with van der Waals surface area (Å²) in [6, 6.07) is 7.31. The zero-order valence-electron chi connectivity index (χ0n) is 19.5. The largest absolute Gasteiger partial charge is 0.480 e. The minimum Gasteiger partial charge on any atom is -0.480 e. The number of benzene rings is 2. The zero-order valence-corrected chi connectivity index (χ0v) is 21.0. The summed E-state index contributed by atoms with van der Waals surface area (Å²) in [5, 5.41) is 15.5. The van der Waals surface area contributed by atoms with Gasteiger partial charge in [-0.15, -0.1) is 0 Å². The van der Waals surface area contributed by atoms with Gasteiger partial charge in [0.25, 0.3) is 11.8 Å². The Bertz CT molecular complexity index is 1410. The molecule has 0 aliphatic carbocycles. The first-order valence-corrected chi connectivity index (χ1v) is 12.0. The molecule has 0 radical (unpaired) electrons. The van der Waals surface area contributed by atoms with Crippen LogP contribution in [-0.4, -0.2) is 59.5 Å². The number of guanidine groups is 1. The molecule has 2 amide bonds. The van der Waals surface area contributed by atoms with Gasteiger partial charge >= 0.3 is 5.97 Å². The van der Waals surface area contributed by atoms with Gasteiger partial charge in [0.15, 0.2) is 5.96 Å². The molecule has 1 aromatic heterocycles. The van der Waals surface area contributed by atoms with Crippen molar-refractivity contribution in [2.45, 2.75) is 19.0 Å². The molecule has 0 saturated carbocycles. The predicted molar refractivity (Wildman–Crippen MR) is 139 cm³/mol. The molecule has 194 valence electrons.